The molecular formula is C24H25N5O3S. The molecule has 0 spiro atoms. The van der Waals surface area contributed by atoms with E-state index in [-0.39, 0.29) is 24.9 Å². The lowest BCUT2D eigenvalue weighted by molar-refractivity contribution is -0.142. The molecule has 1 N–H and O–H groups in total. The number of fused-ring (bicyclic) bond motifs is 1. The minimum absolute atomic E-state index is 0.0272. The maximum Gasteiger partial charge on any atom is 0.248 e. The first-order valence-electron chi connectivity index (χ1n) is 10.6. The number of para-hydroxylation sites is 1. The van der Waals surface area contributed by atoms with Crippen LogP contribution in [0.25, 0.3) is 11.0 Å². The Balaban J connectivity index is 1.67. The molecule has 2 aromatic heterocycles. The first-order chi connectivity index (χ1) is 16.2. The van der Waals surface area contributed by atoms with Crippen molar-refractivity contribution in [2.45, 2.75) is 19.1 Å². The van der Waals surface area contributed by atoms with Gasteiger partial charge in [-0.3, -0.25) is 9.59 Å². The molecule has 2 heterocycles. The summed E-state index contributed by atoms with van der Waals surface area (Å²) in [5, 5.41) is 13.1. The average molecular weight is 464 g/mol. The molecule has 0 bridgehead atoms. The largest absolute Gasteiger partial charge is 0.383 e. The highest BCUT2D eigenvalue weighted by Crippen LogP contribution is 2.28. The van der Waals surface area contributed by atoms with Gasteiger partial charge < -0.3 is 15.0 Å². The van der Waals surface area contributed by atoms with Crippen molar-refractivity contribution in [3.05, 3.63) is 82.6 Å². The normalized spacial score (nSPS) is 11.9. The number of amides is 2. The Morgan fingerprint density at radius 1 is 1.09 bits per heavy atom. The molecule has 0 saturated carbocycles. The van der Waals surface area contributed by atoms with E-state index in [1.165, 1.54) is 11.3 Å². The van der Waals surface area contributed by atoms with E-state index in [0.29, 0.717) is 18.7 Å². The van der Waals surface area contributed by atoms with Gasteiger partial charge in [0.05, 0.1) is 12.1 Å². The molecule has 2 amide bonds. The van der Waals surface area contributed by atoms with Crippen LogP contribution in [-0.2, 0) is 27.4 Å². The van der Waals surface area contributed by atoms with Gasteiger partial charge in [-0.05, 0) is 29.1 Å². The number of carbonyl (C=O) groups is 2. The van der Waals surface area contributed by atoms with E-state index in [2.05, 4.69) is 15.6 Å². The van der Waals surface area contributed by atoms with Gasteiger partial charge in [-0.15, -0.1) is 16.4 Å². The van der Waals surface area contributed by atoms with Crippen molar-refractivity contribution in [2.24, 2.45) is 0 Å². The molecule has 0 fully saturated rings. The molecule has 170 valence electrons. The van der Waals surface area contributed by atoms with Crippen LogP contribution in [0.5, 0.6) is 0 Å². The maximum atomic E-state index is 13.7. The third-order valence-electron chi connectivity index (χ3n) is 5.20. The molecule has 8 nitrogen and oxygen atoms in total. The second kappa shape index (κ2) is 10.8. The summed E-state index contributed by atoms with van der Waals surface area (Å²) < 4.78 is 6.64. The van der Waals surface area contributed by atoms with Gasteiger partial charge in [-0.1, -0.05) is 53.7 Å². The van der Waals surface area contributed by atoms with Crippen LogP contribution in [0, 0.1) is 0 Å². The molecule has 0 unspecified atom stereocenters. The summed E-state index contributed by atoms with van der Waals surface area (Å²) in [6, 6.07) is 20.1. The SMILES string of the molecule is COCCNC(=O)[C@@H](c1cccs1)N(Cc1ccccc1)C(=O)Cn1nnc2ccccc21. The van der Waals surface area contributed by atoms with Crippen LogP contribution in [0.2, 0.25) is 0 Å². The molecule has 9 heteroatoms. The Morgan fingerprint density at radius 2 is 1.88 bits per heavy atom. The lowest BCUT2D eigenvalue weighted by Gasteiger charge is -2.30. The van der Waals surface area contributed by atoms with Gasteiger partial charge in [0.1, 0.15) is 18.1 Å². The molecule has 0 saturated heterocycles. The van der Waals surface area contributed by atoms with Crippen molar-refractivity contribution in [3.8, 4) is 0 Å². The van der Waals surface area contributed by atoms with Crippen LogP contribution >= 0.6 is 11.3 Å². The number of benzene rings is 2. The summed E-state index contributed by atoms with van der Waals surface area (Å²) in [6.07, 6.45) is 0. The Morgan fingerprint density at radius 3 is 2.64 bits per heavy atom. The summed E-state index contributed by atoms with van der Waals surface area (Å²) in [4.78, 5) is 29.3. The predicted molar refractivity (Wildman–Crippen MR) is 126 cm³/mol. The van der Waals surface area contributed by atoms with Gasteiger partial charge in [-0.25, -0.2) is 4.68 Å². The van der Waals surface area contributed by atoms with Crippen molar-refractivity contribution < 1.29 is 14.3 Å². The smallest absolute Gasteiger partial charge is 0.248 e. The van der Waals surface area contributed by atoms with Crippen molar-refractivity contribution in [1.29, 1.82) is 0 Å². The summed E-state index contributed by atoms with van der Waals surface area (Å²) in [5.74, 6) is -0.475. The van der Waals surface area contributed by atoms with Gasteiger partial charge in [-0.2, -0.15) is 0 Å². The molecule has 0 aliphatic rings. The summed E-state index contributed by atoms with van der Waals surface area (Å²) >= 11 is 1.44. The molecule has 1 atom stereocenters. The highest BCUT2D eigenvalue weighted by Gasteiger charge is 2.32. The minimum atomic E-state index is -0.774. The van der Waals surface area contributed by atoms with Crippen LogP contribution in [0.4, 0.5) is 0 Å². The van der Waals surface area contributed by atoms with Gasteiger partial charge >= 0.3 is 0 Å². The number of hydrogen-bond donors (Lipinski definition) is 1. The highest BCUT2D eigenvalue weighted by molar-refractivity contribution is 7.10. The van der Waals surface area contributed by atoms with E-state index in [1.54, 1.807) is 16.7 Å². The topological polar surface area (TPSA) is 89.4 Å². The number of aromatic nitrogens is 3. The molecule has 0 aliphatic heterocycles. The zero-order valence-corrected chi connectivity index (χ0v) is 19.1. The number of rotatable bonds is 10. The van der Waals surface area contributed by atoms with Gasteiger partial charge in [0.15, 0.2) is 0 Å². The first kappa shape index (κ1) is 22.6. The number of carbonyl (C=O) groups excluding carboxylic acids is 2. The second-order valence-corrected chi connectivity index (χ2v) is 8.42. The molecule has 0 aliphatic carbocycles. The van der Waals surface area contributed by atoms with E-state index in [4.69, 9.17) is 4.74 Å². The molecule has 2 aromatic carbocycles. The Bertz CT molecular complexity index is 1190. The molecular weight excluding hydrogens is 438 g/mol. The van der Waals surface area contributed by atoms with E-state index >= 15 is 0 Å². The molecule has 33 heavy (non-hydrogen) atoms. The molecule has 4 aromatic rings. The Labute approximate surface area is 195 Å². The van der Waals surface area contributed by atoms with Crippen molar-refractivity contribution >= 4 is 34.2 Å². The van der Waals surface area contributed by atoms with E-state index < -0.39 is 6.04 Å². The summed E-state index contributed by atoms with van der Waals surface area (Å²) in [6.45, 7) is 1.01. The average Bonchev–Trinajstić information content (AvgIpc) is 3.50. The Hall–Kier alpha value is -3.56. The van der Waals surface area contributed by atoms with Crippen LogP contribution in [0.1, 0.15) is 16.5 Å². The third kappa shape index (κ3) is 5.44. The van der Waals surface area contributed by atoms with Crippen LogP contribution in [-0.4, -0.2) is 52.0 Å². The molecule has 0 radical (unpaired) electrons. The number of thiophene rings is 1. The Kier molecular flexibility index (Phi) is 7.43. The lowest BCUT2D eigenvalue weighted by Crippen LogP contribution is -2.45. The number of methoxy groups -OCH3 is 1. The fourth-order valence-corrected chi connectivity index (χ4v) is 4.44. The van der Waals surface area contributed by atoms with Gasteiger partial charge in [0, 0.05) is 25.1 Å². The number of nitrogens with one attached hydrogen (secondary N) is 1. The fourth-order valence-electron chi connectivity index (χ4n) is 3.60. The summed E-state index contributed by atoms with van der Waals surface area (Å²) in [7, 11) is 1.58. The van der Waals surface area contributed by atoms with Gasteiger partial charge in [0.2, 0.25) is 11.8 Å². The first-order valence-corrected chi connectivity index (χ1v) is 11.5. The van der Waals surface area contributed by atoms with Crippen LogP contribution in [0.3, 0.4) is 0 Å². The quantitative estimate of drug-likeness (QED) is 0.365. The van der Waals surface area contributed by atoms with E-state index in [1.807, 2.05) is 72.1 Å². The van der Waals surface area contributed by atoms with Crippen LogP contribution < -0.4 is 5.32 Å². The minimum Gasteiger partial charge on any atom is -0.383 e. The maximum absolute atomic E-state index is 13.7. The van der Waals surface area contributed by atoms with Crippen molar-refractivity contribution in [3.63, 3.8) is 0 Å². The number of nitrogens with zero attached hydrogens (tertiary/aromatic N) is 4. The lowest BCUT2D eigenvalue weighted by atomic mass is 10.1. The zero-order chi connectivity index (χ0) is 23.0. The molecule has 4 rings (SSSR count). The van der Waals surface area contributed by atoms with Gasteiger partial charge in [0.25, 0.3) is 0 Å². The van der Waals surface area contributed by atoms with Crippen molar-refractivity contribution in [1.82, 2.24) is 25.2 Å². The predicted octanol–water partition coefficient (Wildman–Crippen LogP) is 3.03. The van der Waals surface area contributed by atoms with E-state index in [9.17, 15) is 9.59 Å². The zero-order valence-electron chi connectivity index (χ0n) is 18.3. The second-order valence-electron chi connectivity index (χ2n) is 7.44. The highest BCUT2D eigenvalue weighted by atomic mass is 32.1. The summed E-state index contributed by atoms with van der Waals surface area (Å²) in [5.41, 5.74) is 2.41. The van der Waals surface area contributed by atoms with E-state index in [0.717, 1.165) is 16.0 Å². The van der Waals surface area contributed by atoms with Crippen molar-refractivity contribution in [2.75, 3.05) is 20.3 Å². The number of hydrogen-bond acceptors (Lipinski definition) is 6. The number of ether oxygens (including phenoxy) is 1. The third-order valence-corrected chi connectivity index (χ3v) is 6.12. The fraction of sp³-hybridized carbons (Fsp3) is 0.250. The van der Waals surface area contributed by atoms with Crippen LogP contribution in [0.15, 0.2) is 72.1 Å². The monoisotopic (exact) mass is 463 g/mol. The standard InChI is InChI=1S/C24H25N5O3S/c1-32-14-13-25-24(31)23(21-12-7-15-33-21)28(16-18-8-3-2-4-9-18)22(30)17-29-20-11-6-5-10-19(20)26-27-29/h2-12,15,23H,13-14,16-17H2,1H3,(H,25,31)/t23-/m1/s1.